The molecule has 1 N–H and O–H groups in total. The molecule has 0 aliphatic rings. The molecule has 0 bridgehead atoms. The van der Waals surface area contributed by atoms with Crippen molar-refractivity contribution in [3.8, 4) is 0 Å². The number of likely N-dealkylation sites (N-methyl/N-ethyl adjacent to an activating group) is 1. The van der Waals surface area contributed by atoms with Crippen LogP contribution in [0.15, 0.2) is 47.4 Å². The van der Waals surface area contributed by atoms with Gasteiger partial charge in [-0.2, -0.15) is 11.3 Å². The van der Waals surface area contributed by atoms with E-state index >= 15 is 0 Å². The van der Waals surface area contributed by atoms with Gasteiger partial charge in [0.2, 0.25) is 0 Å². The third kappa shape index (κ3) is 11.9. The van der Waals surface area contributed by atoms with Gasteiger partial charge in [-0.25, -0.2) is 13.4 Å². The minimum absolute atomic E-state index is 0.245. The van der Waals surface area contributed by atoms with Crippen molar-refractivity contribution >= 4 is 21.5 Å². The Morgan fingerprint density at radius 3 is 2.39 bits per heavy atom. The topological polar surface area (TPSA) is 74.6 Å². The van der Waals surface area contributed by atoms with E-state index in [0.717, 1.165) is 25.9 Å². The number of pyridine rings is 1. The molecule has 0 amide bonds. The molecule has 0 saturated carbocycles. The summed E-state index contributed by atoms with van der Waals surface area (Å²) < 4.78 is 31.2. The number of thiophene rings is 1. The van der Waals surface area contributed by atoms with Crippen molar-refractivity contribution in [2.24, 2.45) is 0 Å². The van der Waals surface area contributed by atoms with Gasteiger partial charge in [0.05, 0.1) is 10.1 Å². The zero-order chi connectivity index (χ0) is 17.0. The summed E-state index contributed by atoms with van der Waals surface area (Å²) in [7, 11) is -2.02. The second-order valence-corrected chi connectivity index (χ2v) is 7.53. The molecule has 0 saturated heterocycles. The van der Waals surface area contributed by atoms with E-state index < -0.39 is 10.1 Å². The summed E-state index contributed by atoms with van der Waals surface area (Å²) in [6.07, 6.45) is 5.97. The van der Waals surface area contributed by atoms with Crippen molar-refractivity contribution < 1.29 is 18.0 Å². The molecule has 23 heavy (non-hydrogen) atoms. The molecule has 5 nitrogen and oxygen atoms in total. The molecule has 0 radical (unpaired) electrons. The van der Waals surface area contributed by atoms with Gasteiger partial charge in [0, 0.05) is 24.4 Å². The van der Waals surface area contributed by atoms with Crippen LogP contribution >= 0.6 is 11.3 Å². The lowest BCUT2D eigenvalue weighted by molar-refractivity contribution is -0.377. The lowest BCUT2D eigenvalue weighted by Gasteiger charge is -2.16. The summed E-state index contributed by atoms with van der Waals surface area (Å²) in [4.78, 5) is 5.05. The minimum Gasteiger partial charge on any atom is -0.748 e. The monoisotopic (exact) mass is 356 g/mol. The Balaban J connectivity index is 0.000000366. The van der Waals surface area contributed by atoms with Crippen LogP contribution in [0.4, 0.5) is 0 Å². The Labute approximate surface area is 142 Å². The van der Waals surface area contributed by atoms with Crippen LogP contribution in [0.3, 0.4) is 0 Å². The Kier molecular flexibility index (Phi) is 9.70. The van der Waals surface area contributed by atoms with Gasteiger partial charge in [-0.15, -0.1) is 0 Å². The average molecular weight is 357 g/mol. The number of nitrogens with zero attached hydrogens (tertiary/aromatic N) is 1. The number of unbranched alkanes of at least 4 members (excludes halogenated alkanes) is 1. The molecular formula is C16H24N2O3S2. The van der Waals surface area contributed by atoms with Gasteiger partial charge in [-0.05, 0) is 55.2 Å². The molecule has 0 aliphatic heterocycles. The summed E-state index contributed by atoms with van der Waals surface area (Å²) in [5.74, 6) is -0.245. The quantitative estimate of drug-likeness (QED) is 0.536. The molecule has 0 aromatic carbocycles. The van der Waals surface area contributed by atoms with Crippen LogP contribution in [0.2, 0.25) is 0 Å². The molecule has 2 heterocycles. The van der Waals surface area contributed by atoms with Crippen LogP contribution in [-0.4, -0.2) is 43.8 Å². The zero-order valence-electron chi connectivity index (χ0n) is 13.3. The van der Waals surface area contributed by atoms with E-state index in [1.807, 2.05) is 37.6 Å². The molecule has 2 rings (SSSR count). The Hall–Kier alpha value is -1.28. The van der Waals surface area contributed by atoms with Gasteiger partial charge in [-0.1, -0.05) is 6.07 Å². The first-order chi connectivity index (χ1) is 11.0. The molecule has 7 heteroatoms. The summed E-state index contributed by atoms with van der Waals surface area (Å²) in [5, 5.41) is 4.20. The van der Waals surface area contributed by atoms with Crippen molar-refractivity contribution in [1.82, 2.24) is 4.90 Å². The predicted molar refractivity (Wildman–Crippen MR) is 92.3 cm³/mol. The van der Waals surface area contributed by atoms with E-state index in [4.69, 9.17) is 0 Å². The first-order valence-electron chi connectivity index (χ1n) is 7.51. The molecular weight excluding hydrogens is 332 g/mol. The van der Waals surface area contributed by atoms with E-state index in [-0.39, 0.29) is 5.75 Å². The van der Waals surface area contributed by atoms with Crippen LogP contribution in [0, 0.1) is 0 Å². The highest BCUT2D eigenvalue weighted by molar-refractivity contribution is 7.85. The highest BCUT2D eigenvalue weighted by Crippen LogP contribution is 2.07. The molecule has 2 aromatic heterocycles. The zero-order valence-corrected chi connectivity index (χ0v) is 15.0. The number of hydrogen-bond acceptors (Lipinski definition) is 5. The summed E-state index contributed by atoms with van der Waals surface area (Å²) in [5.41, 5.74) is 1.34. The maximum atomic E-state index is 10.4. The lowest BCUT2D eigenvalue weighted by Crippen LogP contribution is -2.22. The normalized spacial score (nSPS) is 11.1. The first kappa shape index (κ1) is 19.8. The van der Waals surface area contributed by atoms with Gasteiger partial charge in [0.25, 0.3) is 0 Å². The fraction of sp³-hybridized carbons (Fsp3) is 0.438. The summed E-state index contributed by atoms with van der Waals surface area (Å²) >= 11 is 1.70. The smallest absolute Gasteiger partial charge is 0.166 e. The van der Waals surface area contributed by atoms with Gasteiger partial charge in [-0.3, -0.25) is 0 Å². The number of nitrogens with one attached hydrogen (secondary N) is 1. The van der Waals surface area contributed by atoms with E-state index in [1.54, 1.807) is 11.3 Å². The predicted octanol–water partition coefficient (Wildman–Crippen LogP) is 2.05. The number of aromatic amines is 1. The highest BCUT2D eigenvalue weighted by Gasteiger charge is 2.01. The van der Waals surface area contributed by atoms with Crippen molar-refractivity contribution in [3.05, 3.63) is 53.0 Å². The minimum atomic E-state index is -4.04. The molecule has 2 aromatic rings. The summed E-state index contributed by atoms with van der Waals surface area (Å²) in [6.45, 7) is 1.79. The van der Waals surface area contributed by atoms with Gasteiger partial charge >= 0.3 is 0 Å². The maximum Gasteiger partial charge on any atom is 0.166 e. The number of hydrogen-bond donors (Lipinski definition) is 0. The lowest BCUT2D eigenvalue weighted by atomic mass is 10.2. The van der Waals surface area contributed by atoms with Crippen molar-refractivity contribution in [1.29, 1.82) is 0 Å². The number of aromatic nitrogens is 1. The van der Waals surface area contributed by atoms with E-state index in [1.165, 1.54) is 5.56 Å². The number of H-pyrrole nitrogens is 1. The second-order valence-electron chi connectivity index (χ2n) is 5.23. The van der Waals surface area contributed by atoms with E-state index in [0.29, 0.717) is 6.42 Å². The van der Waals surface area contributed by atoms with Crippen LogP contribution < -0.4 is 4.98 Å². The Bertz CT molecular complexity index is 575. The van der Waals surface area contributed by atoms with E-state index in [2.05, 4.69) is 26.7 Å². The maximum absolute atomic E-state index is 10.4. The molecule has 0 fully saturated rings. The van der Waals surface area contributed by atoms with Crippen molar-refractivity contribution in [2.75, 3.05) is 25.9 Å². The average Bonchev–Trinajstić information content (AvgIpc) is 3.04. The van der Waals surface area contributed by atoms with Gasteiger partial charge < -0.3 is 9.45 Å². The van der Waals surface area contributed by atoms with Crippen LogP contribution in [0.1, 0.15) is 18.4 Å². The highest BCUT2D eigenvalue weighted by atomic mass is 32.2. The third-order valence-corrected chi connectivity index (χ3v) is 4.67. The molecule has 0 aliphatic carbocycles. The fourth-order valence-corrected chi connectivity index (χ4v) is 3.13. The Morgan fingerprint density at radius 2 is 1.91 bits per heavy atom. The molecule has 0 spiro atoms. The molecule has 128 valence electrons. The van der Waals surface area contributed by atoms with Gasteiger partial charge in [0.1, 0.15) is 0 Å². The number of rotatable bonds is 8. The first-order valence-corrected chi connectivity index (χ1v) is 10.0. The molecule has 0 atom stereocenters. The van der Waals surface area contributed by atoms with Gasteiger partial charge in [0.15, 0.2) is 12.4 Å². The second kappa shape index (κ2) is 11.3. The van der Waals surface area contributed by atoms with E-state index in [9.17, 15) is 13.0 Å². The Morgan fingerprint density at radius 1 is 1.17 bits per heavy atom. The SMILES string of the molecule is CN(CCCCS(=O)(=O)[O-])CCc1ccsc1.c1cc[nH+]cc1. The standard InChI is InChI=1S/C11H19NO3S2.C5H5N/c1-12(6-2-3-9-17(13,14)15)7-4-11-5-8-16-10-11;1-2-4-6-5-3-1/h5,8,10H,2-4,6-7,9H2,1H3,(H,13,14,15);1-5H. The van der Waals surface area contributed by atoms with Crippen molar-refractivity contribution in [2.45, 2.75) is 19.3 Å². The third-order valence-electron chi connectivity index (χ3n) is 3.15. The van der Waals surface area contributed by atoms with Crippen LogP contribution in [0.25, 0.3) is 0 Å². The van der Waals surface area contributed by atoms with Crippen LogP contribution in [-0.2, 0) is 16.5 Å². The molecule has 0 unspecified atom stereocenters. The fourth-order valence-electron chi connectivity index (χ4n) is 1.87. The summed E-state index contributed by atoms with van der Waals surface area (Å²) in [6, 6.07) is 7.97. The van der Waals surface area contributed by atoms with Crippen LogP contribution in [0.5, 0.6) is 0 Å². The largest absolute Gasteiger partial charge is 0.748 e. The van der Waals surface area contributed by atoms with Crippen molar-refractivity contribution in [3.63, 3.8) is 0 Å².